The molecule has 0 saturated heterocycles. The molecule has 0 atom stereocenters. The van der Waals surface area contributed by atoms with Crippen LogP contribution >= 0.6 is 0 Å². The van der Waals surface area contributed by atoms with Gasteiger partial charge in [-0.3, -0.25) is 4.90 Å². The third-order valence-corrected chi connectivity index (χ3v) is 3.08. The highest BCUT2D eigenvalue weighted by atomic mass is 16.5. The summed E-state index contributed by atoms with van der Waals surface area (Å²) in [5, 5.41) is 8.86. The van der Waals surface area contributed by atoms with E-state index in [-0.39, 0.29) is 6.61 Å². The zero-order chi connectivity index (χ0) is 15.0. The average molecular weight is 275 g/mol. The number of aliphatic hydroxyl groups is 1. The van der Waals surface area contributed by atoms with Gasteiger partial charge >= 0.3 is 0 Å². The van der Waals surface area contributed by atoms with E-state index in [4.69, 9.17) is 9.84 Å². The second-order valence-electron chi connectivity index (χ2n) is 5.20. The summed E-state index contributed by atoms with van der Waals surface area (Å²) in [6.07, 6.45) is 0. The van der Waals surface area contributed by atoms with Crippen LogP contribution in [0, 0.1) is 17.8 Å². The van der Waals surface area contributed by atoms with Gasteiger partial charge in [-0.2, -0.15) is 0 Å². The Morgan fingerprint density at radius 2 is 2.10 bits per heavy atom. The molecule has 0 saturated carbocycles. The van der Waals surface area contributed by atoms with Crippen LogP contribution in [0.4, 0.5) is 0 Å². The minimum absolute atomic E-state index is 0.116. The van der Waals surface area contributed by atoms with E-state index < -0.39 is 0 Å². The van der Waals surface area contributed by atoms with Gasteiger partial charge < -0.3 is 9.84 Å². The second-order valence-corrected chi connectivity index (χ2v) is 5.20. The van der Waals surface area contributed by atoms with Gasteiger partial charge in [0.2, 0.25) is 0 Å². The summed E-state index contributed by atoms with van der Waals surface area (Å²) < 4.78 is 5.29. The molecule has 1 aromatic carbocycles. The molecule has 3 nitrogen and oxygen atoms in total. The largest absolute Gasteiger partial charge is 0.497 e. The Hall–Kier alpha value is -1.50. The smallest absolute Gasteiger partial charge is 0.119 e. The Bertz CT molecular complexity index is 472. The van der Waals surface area contributed by atoms with E-state index in [0.717, 1.165) is 36.5 Å². The van der Waals surface area contributed by atoms with E-state index in [9.17, 15) is 0 Å². The summed E-state index contributed by atoms with van der Waals surface area (Å²) in [4.78, 5) is 2.39. The molecular formula is C17H25NO2. The molecule has 3 heteroatoms. The van der Waals surface area contributed by atoms with Crippen LogP contribution in [0.3, 0.4) is 0 Å². The van der Waals surface area contributed by atoms with Crippen LogP contribution in [-0.2, 0) is 6.54 Å². The lowest BCUT2D eigenvalue weighted by atomic mass is 10.1. The van der Waals surface area contributed by atoms with Crippen molar-refractivity contribution < 1.29 is 9.84 Å². The molecule has 0 unspecified atom stereocenters. The lowest BCUT2D eigenvalue weighted by molar-refractivity contribution is 0.248. The number of methoxy groups -OCH3 is 1. The van der Waals surface area contributed by atoms with Crippen LogP contribution < -0.4 is 4.74 Å². The van der Waals surface area contributed by atoms with Crippen molar-refractivity contribution in [3.63, 3.8) is 0 Å². The highest BCUT2D eigenvalue weighted by Crippen LogP contribution is 2.19. The predicted octanol–water partition coefficient (Wildman–Crippen LogP) is 2.52. The third kappa shape index (κ3) is 5.24. The molecule has 0 aromatic heterocycles. The normalized spacial score (nSPS) is 10.6. The summed E-state index contributed by atoms with van der Waals surface area (Å²) >= 11 is 0. The molecule has 1 N–H and O–H groups in total. The van der Waals surface area contributed by atoms with Crippen molar-refractivity contribution in [2.75, 3.05) is 26.8 Å². The number of benzene rings is 1. The topological polar surface area (TPSA) is 32.7 Å². The first-order chi connectivity index (χ1) is 9.60. The lowest BCUT2D eigenvalue weighted by Crippen LogP contribution is -2.27. The first-order valence-corrected chi connectivity index (χ1v) is 7.09. The molecule has 0 heterocycles. The summed E-state index contributed by atoms with van der Waals surface area (Å²) in [5.74, 6) is 7.21. The van der Waals surface area contributed by atoms with Crippen LogP contribution in [0.15, 0.2) is 18.2 Å². The summed E-state index contributed by atoms with van der Waals surface area (Å²) in [5.41, 5.74) is 2.11. The van der Waals surface area contributed by atoms with Crippen LogP contribution in [0.2, 0.25) is 0 Å². The molecule has 0 radical (unpaired) electrons. The third-order valence-electron chi connectivity index (χ3n) is 3.08. The Morgan fingerprint density at radius 3 is 2.65 bits per heavy atom. The number of hydrogen-bond donors (Lipinski definition) is 1. The van der Waals surface area contributed by atoms with Crippen molar-refractivity contribution in [2.24, 2.45) is 5.92 Å². The van der Waals surface area contributed by atoms with Gasteiger partial charge in [-0.05, 0) is 36.2 Å². The van der Waals surface area contributed by atoms with E-state index in [1.165, 1.54) is 0 Å². The van der Waals surface area contributed by atoms with E-state index in [2.05, 4.69) is 37.5 Å². The van der Waals surface area contributed by atoms with Crippen molar-refractivity contribution in [3.8, 4) is 17.6 Å². The van der Waals surface area contributed by atoms with Crippen LogP contribution in [-0.4, -0.2) is 36.8 Å². The van der Waals surface area contributed by atoms with Gasteiger partial charge in [0.1, 0.15) is 12.4 Å². The fraction of sp³-hybridized carbons (Fsp3) is 0.529. The molecule has 0 fully saturated rings. The van der Waals surface area contributed by atoms with Crippen LogP contribution in [0.25, 0.3) is 0 Å². The van der Waals surface area contributed by atoms with E-state index >= 15 is 0 Å². The second kappa shape index (κ2) is 8.63. The number of nitrogens with zero attached hydrogens (tertiary/aromatic N) is 1. The maximum absolute atomic E-state index is 8.86. The van der Waals surface area contributed by atoms with Gasteiger partial charge in [0.15, 0.2) is 0 Å². The summed E-state index contributed by atoms with van der Waals surface area (Å²) in [6, 6.07) is 5.90. The molecule has 1 aromatic rings. The molecule has 1 rings (SSSR count). The molecule has 0 spiro atoms. The first-order valence-electron chi connectivity index (χ1n) is 7.09. The van der Waals surface area contributed by atoms with Gasteiger partial charge in [0.25, 0.3) is 0 Å². The number of ether oxygens (including phenoxy) is 1. The van der Waals surface area contributed by atoms with Crippen molar-refractivity contribution in [2.45, 2.75) is 27.3 Å². The molecular weight excluding hydrogens is 250 g/mol. The van der Waals surface area contributed by atoms with Crippen molar-refractivity contribution in [1.29, 1.82) is 0 Å². The predicted molar refractivity (Wildman–Crippen MR) is 82.7 cm³/mol. The minimum Gasteiger partial charge on any atom is -0.497 e. The van der Waals surface area contributed by atoms with Gasteiger partial charge in [-0.25, -0.2) is 0 Å². The SMILES string of the molecule is CCN(Cc1cc(OC)ccc1C#CCO)CC(C)C. The molecule has 0 aliphatic carbocycles. The van der Waals surface area contributed by atoms with Gasteiger partial charge in [-0.1, -0.05) is 32.6 Å². The zero-order valence-corrected chi connectivity index (χ0v) is 12.9. The number of aliphatic hydroxyl groups excluding tert-OH is 1. The lowest BCUT2D eigenvalue weighted by Gasteiger charge is -2.23. The van der Waals surface area contributed by atoms with Gasteiger partial charge in [0.05, 0.1) is 7.11 Å². The van der Waals surface area contributed by atoms with Crippen molar-refractivity contribution >= 4 is 0 Å². The quantitative estimate of drug-likeness (QED) is 0.810. The van der Waals surface area contributed by atoms with Crippen LogP contribution in [0.1, 0.15) is 31.9 Å². The summed E-state index contributed by atoms with van der Waals surface area (Å²) in [6.45, 7) is 9.40. The van der Waals surface area contributed by atoms with Crippen molar-refractivity contribution in [3.05, 3.63) is 29.3 Å². The van der Waals surface area contributed by atoms with E-state index in [1.807, 2.05) is 18.2 Å². The van der Waals surface area contributed by atoms with E-state index in [1.54, 1.807) is 7.11 Å². The standard InChI is InChI=1S/C17H25NO2/c1-5-18(12-14(2)3)13-16-11-17(20-4)9-8-15(16)7-6-10-19/h8-9,11,14,19H,5,10,12-13H2,1-4H3. The Kier molecular flexibility index (Phi) is 7.14. The summed E-state index contributed by atoms with van der Waals surface area (Å²) in [7, 11) is 1.67. The fourth-order valence-corrected chi connectivity index (χ4v) is 2.15. The molecule has 20 heavy (non-hydrogen) atoms. The zero-order valence-electron chi connectivity index (χ0n) is 12.9. The average Bonchev–Trinajstić information content (AvgIpc) is 2.44. The minimum atomic E-state index is -0.116. The number of rotatable bonds is 6. The monoisotopic (exact) mass is 275 g/mol. The Balaban J connectivity index is 2.99. The highest BCUT2D eigenvalue weighted by Gasteiger charge is 2.10. The maximum atomic E-state index is 8.86. The Labute approximate surface area is 122 Å². The first kappa shape index (κ1) is 16.6. The molecule has 110 valence electrons. The Morgan fingerprint density at radius 1 is 1.35 bits per heavy atom. The van der Waals surface area contributed by atoms with Crippen molar-refractivity contribution in [1.82, 2.24) is 4.90 Å². The van der Waals surface area contributed by atoms with Crippen LogP contribution in [0.5, 0.6) is 5.75 Å². The molecule has 0 bridgehead atoms. The fourth-order valence-electron chi connectivity index (χ4n) is 2.15. The highest BCUT2D eigenvalue weighted by molar-refractivity contribution is 5.45. The van der Waals surface area contributed by atoms with Gasteiger partial charge in [-0.15, -0.1) is 0 Å². The maximum Gasteiger partial charge on any atom is 0.119 e. The number of hydrogen-bond acceptors (Lipinski definition) is 3. The van der Waals surface area contributed by atoms with Gasteiger partial charge in [0, 0.05) is 18.7 Å². The van der Waals surface area contributed by atoms with E-state index in [0.29, 0.717) is 5.92 Å². The molecule has 0 amide bonds. The molecule has 0 aliphatic rings. The molecule has 0 aliphatic heterocycles.